The van der Waals surface area contributed by atoms with Crippen molar-refractivity contribution in [3.05, 3.63) is 4.91 Å². The van der Waals surface area contributed by atoms with Crippen LogP contribution < -0.4 is 0 Å². The minimum absolute atomic E-state index is 0.293. The van der Waals surface area contributed by atoms with E-state index in [9.17, 15) is 9.70 Å². The predicted molar refractivity (Wildman–Crippen MR) is 49.2 cm³/mol. The molecule has 0 saturated heterocycles. The third kappa shape index (κ3) is 1.30. The molecule has 0 bridgehead atoms. The number of fused-ring (bicyclic) bond motifs is 1. The summed E-state index contributed by atoms with van der Waals surface area (Å²) in [5.74, 6) is 1.56. The zero-order chi connectivity index (χ0) is 9.47. The maximum atomic E-state index is 11.2. The number of carbonyl (C=O) groups excluding carboxylic acids is 1. The van der Waals surface area contributed by atoms with Crippen LogP contribution in [0.4, 0.5) is 0 Å². The van der Waals surface area contributed by atoms with Crippen molar-refractivity contribution < 1.29 is 4.79 Å². The maximum Gasteiger partial charge on any atom is 0.133 e. The van der Waals surface area contributed by atoms with Crippen molar-refractivity contribution in [2.24, 2.45) is 22.4 Å². The van der Waals surface area contributed by atoms with Crippen LogP contribution in [0.3, 0.4) is 0 Å². The summed E-state index contributed by atoms with van der Waals surface area (Å²) in [7, 11) is 0. The van der Waals surface area contributed by atoms with Gasteiger partial charge in [0, 0.05) is 12.8 Å². The van der Waals surface area contributed by atoms with Gasteiger partial charge in [0.2, 0.25) is 0 Å². The summed E-state index contributed by atoms with van der Waals surface area (Å²) in [6.45, 7) is 2.56. The van der Waals surface area contributed by atoms with E-state index in [0.29, 0.717) is 29.6 Å². The topological polar surface area (TPSA) is 46.5 Å². The van der Waals surface area contributed by atoms with Gasteiger partial charge in [0.25, 0.3) is 0 Å². The highest BCUT2D eigenvalue weighted by atomic mass is 16.3. The van der Waals surface area contributed by atoms with Crippen LogP contribution in [0.5, 0.6) is 0 Å². The smallest absolute Gasteiger partial charge is 0.133 e. The van der Waals surface area contributed by atoms with E-state index in [1.54, 1.807) is 0 Å². The van der Waals surface area contributed by atoms with E-state index in [2.05, 4.69) is 12.1 Å². The molecule has 0 N–H and O–H groups in total. The first-order valence-electron chi connectivity index (χ1n) is 5.00. The van der Waals surface area contributed by atoms with E-state index < -0.39 is 0 Å². The van der Waals surface area contributed by atoms with E-state index in [4.69, 9.17) is 0 Å². The molecular weight excluding hydrogens is 166 g/mol. The van der Waals surface area contributed by atoms with Gasteiger partial charge in [-0.3, -0.25) is 4.79 Å². The summed E-state index contributed by atoms with van der Waals surface area (Å²) in [5.41, 5.74) is 0.293. The Morgan fingerprint density at radius 3 is 3.00 bits per heavy atom. The van der Waals surface area contributed by atoms with Gasteiger partial charge in [-0.2, -0.15) is 4.91 Å². The first-order valence-corrected chi connectivity index (χ1v) is 5.00. The molecule has 3 atom stereocenters. The molecule has 0 radical (unpaired) electrons. The fraction of sp³-hybridized carbons (Fsp3) is 0.900. The Labute approximate surface area is 77.9 Å². The van der Waals surface area contributed by atoms with Crippen molar-refractivity contribution in [1.29, 1.82) is 0 Å². The molecule has 3 heteroatoms. The quantitative estimate of drug-likeness (QED) is 0.624. The molecule has 3 nitrogen and oxygen atoms in total. The van der Waals surface area contributed by atoms with Crippen molar-refractivity contribution in [3.63, 3.8) is 0 Å². The molecule has 72 valence electrons. The number of hydrogen-bond acceptors (Lipinski definition) is 3. The van der Waals surface area contributed by atoms with Gasteiger partial charge >= 0.3 is 0 Å². The van der Waals surface area contributed by atoms with Crippen molar-refractivity contribution in [2.45, 2.75) is 32.6 Å². The molecule has 0 aromatic rings. The minimum atomic E-state index is 0.293. The van der Waals surface area contributed by atoms with Crippen LogP contribution in [-0.2, 0) is 4.79 Å². The van der Waals surface area contributed by atoms with Crippen molar-refractivity contribution >= 4 is 5.78 Å². The van der Waals surface area contributed by atoms with Gasteiger partial charge in [0.15, 0.2) is 0 Å². The van der Waals surface area contributed by atoms with E-state index >= 15 is 0 Å². The van der Waals surface area contributed by atoms with Crippen molar-refractivity contribution in [3.8, 4) is 0 Å². The second-order valence-electron chi connectivity index (χ2n) is 4.60. The van der Waals surface area contributed by atoms with Crippen LogP contribution in [-0.4, -0.2) is 12.3 Å². The number of carbonyl (C=O) groups is 1. The Kier molecular flexibility index (Phi) is 1.97. The number of hydrogen-bond donors (Lipinski definition) is 0. The maximum absolute atomic E-state index is 11.2. The summed E-state index contributed by atoms with van der Waals surface area (Å²) in [5, 5.41) is 2.88. The lowest BCUT2D eigenvalue weighted by molar-refractivity contribution is -0.118. The van der Waals surface area contributed by atoms with Crippen LogP contribution >= 0.6 is 0 Å². The van der Waals surface area contributed by atoms with Gasteiger partial charge in [-0.1, -0.05) is 12.1 Å². The van der Waals surface area contributed by atoms with E-state index in [0.717, 1.165) is 19.3 Å². The number of rotatable bonds is 4. The third-order valence-electron chi connectivity index (χ3n) is 3.91. The highest BCUT2D eigenvalue weighted by molar-refractivity contribution is 5.83. The molecule has 0 spiro atoms. The largest absolute Gasteiger partial charge is 0.300 e. The standard InChI is InChI=1S/C10H15NO2/c1-7(2-3-11-13)10-5-8(10)4-9(12)6-10/h7-8H,2-6H2,1H3. The van der Waals surface area contributed by atoms with Crippen LogP contribution in [0, 0.1) is 22.2 Å². The molecule has 2 saturated carbocycles. The first kappa shape index (κ1) is 8.85. The highest BCUT2D eigenvalue weighted by Gasteiger charge is 2.62. The second kappa shape index (κ2) is 2.89. The summed E-state index contributed by atoms with van der Waals surface area (Å²) in [6, 6.07) is 0. The van der Waals surface area contributed by atoms with Crippen LogP contribution in [0.15, 0.2) is 5.18 Å². The Morgan fingerprint density at radius 2 is 2.46 bits per heavy atom. The third-order valence-corrected chi connectivity index (χ3v) is 3.91. The van der Waals surface area contributed by atoms with E-state index in [1.807, 2.05) is 0 Å². The minimum Gasteiger partial charge on any atom is -0.300 e. The molecule has 0 aliphatic heterocycles. The second-order valence-corrected chi connectivity index (χ2v) is 4.60. The Balaban J connectivity index is 1.94. The number of nitroso groups, excluding NO2 is 1. The Bertz CT molecular complexity index is 251. The highest BCUT2D eigenvalue weighted by Crippen LogP contribution is 2.66. The average molecular weight is 181 g/mol. The molecule has 0 aromatic carbocycles. The van der Waals surface area contributed by atoms with Gasteiger partial charge in [0.05, 0.1) is 6.54 Å². The number of ketones is 1. The van der Waals surface area contributed by atoms with Crippen LogP contribution in [0.2, 0.25) is 0 Å². The fourth-order valence-electron chi connectivity index (χ4n) is 2.92. The first-order chi connectivity index (χ1) is 6.19. The summed E-state index contributed by atoms with van der Waals surface area (Å²) in [6.07, 6.45) is 3.61. The Hall–Kier alpha value is -0.730. The molecule has 0 amide bonds. The van der Waals surface area contributed by atoms with Gasteiger partial charge in [0.1, 0.15) is 5.78 Å². The van der Waals surface area contributed by atoms with Crippen LogP contribution in [0.1, 0.15) is 32.6 Å². The number of Topliss-reactive ketones (excluding diaryl/α,β-unsaturated/α-hetero) is 1. The van der Waals surface area contributed by atoms with Gasteiger partial charge < -0.3 is 0 Å². The SMILES string of the molecule is CC(CCN=O)C12CC(=O)CC1C2. The molecule has 2 aliphatic rings. The molecule has 2 rings (SSSR count). The fourth-order valence-corrected chi connectivity index (χ4v) is 2.92. The molecule has 0 aromatic heterocycles. The van der Waals surface area contributed by atoms with Crippen molar-refractivity contribution in [2.75, 3.05) is 6.54 Å². The monoisotopic (exact) mass is 181 g/mol. The van der Waals surface area contributed by atoms with E-state index in [1.165, 1.54) is 6.42 Å². The van der Waals surface area contributed by atoms with Gasteiger partial charge in [-0.25, -0.2) is 0 Å². The average Bonchev–Trinajstić information content (AvgIpc) is 2.67. The molecular formula is C10H15NO2. The van der Waals surface area contributed by atoms with Gasteiger partial charge in [-0.05, 0) is 30.1 Å². The lowest BCUT2D eigenvalue weighted by Gasteiger charge is -2.19. The molecule has 3 unspecified atom stereocenters. The Morgan fingerprint density at radius 1 is 1.69 bits per heavy atom. The zero-order valence-electron chi connectivity index (χ0n) is 7.95. The van der Waals surface area contributed by atoms with Crippen LogP contribution in [0.25, 0.3) is 0 Å². The number of nitrogens with zero attached hydrogens (tertiary/aromatic N) is 1. The summed E-state index contributed by atoms with van der Waals surface area (Å²) >= 11 is 0. The predicted octanol–water partition coefficient (Wildman–Crippen LogP) is 2.15. The molecule has 0 heterocycles. The lowest BCUT2D eigenvalue weighted by atomic mass is 9.86. The zero-order valence-corrected chi connectivity index (χ0v) is 7.95. The van der Waals surface area contributed by atoms with Crippen molar-refractivity contribution in [1.82, 2.24) is 0 Å². The van der Waals surface area contributed by atoms with Gasteiger partial charge in [-0.15, -0.1) is 0 Å². The summed E-state index contributed by atoms with van der Waals surface area (Å²) < 4.78 is 0. The summed E-state index contributed by atoms with van der Waals surface area (Å²) in [4.78, 5) is 21.2. The lowest BCUT2D eigenvalue weighted by Crippen LogP contribution is -2.14. The normalized spacial score (nSPS) is 38.5. The van der Waals surface area contributed by atoms with E-state index in [-0.39, 0.29) is 0 Å². The molecule has 13 heavy (non-hydrogen) atoms. The molecule has 2 fully saturated rings. The molecule has 2 aliphatic carbocycles.